The van der Waals surface area contributed by atoms with Crippen molar-refractivity contribution in [3.05, 3.63) is 24.3 Å². The molecule has 0 saturated carbocycles. The van der Waals surface area contributed by atoms with Gasteiger partial charge < -0.3 is 10.6 Å². The van der Waals surface area contributed by atoms with Crippen molar-refractivity contribution < 1.29 is 26.4 Å². The zero-order chi connectivity index (χ0) is 17.1. The minimum absolute atomic E-state index is 0. The summed E-state index contributed by atoms with van der Waals surface area (Å²) >= 11 is 0. The molecule has 0 aromatic heterocycles. The Kier molecular flexibility index (Phi) is 7.02. The quantitative estimate of drug-likeness (QED) is 0.714. The van der Waals surface area contributed by atoms with E-state index < -0.39 is 22.7 Å². The number of alkyl halides is 3. The maximum absolute atomic E-state index is 12.1. The summed E-state index contributed by atoms with van der Waals surface area (Å²) in [5.41, 5.74) is 0.386. The Hall–Kier alpha value is -1.36. The number of carbonyl (C=O) groups is 1. The van der Waals surface area contributed by atoms with E-state index in [1.54, 1.807) is 0 Å². The molecule has 0 bridgehead atoms. The van der Waals surface area contributed by atoms with Crippen molar-refractivity contribution in [2.45, 2.75) is 17.5 Å². The second-order valence-corrected chi connectivity index (χ2v) is 6.91. The molecule has 1 aromatic rings. The van der Waals surface area contributed by atoms with Gasteiger partial charge in [-0.1, -0.05) is 0 Å². The van der Waals surface area contributed by atoms with Crippen LogP contribution in [0.2, 0.25) is 0 Å². The number of benzene rings is 1. The van der Waals surface area contributed by atoms with Crippen molar-refractivity contribution in [3.63, 3.8) is 0 Å². The molecular formula is C13H17ClF3N3O3S. The topological polar surface area (TPSA) is 87.3 Å². The van der Waals surface area contributed by atoms with E-state index in [4.69, 9.17) is 0 Å². The van der Waals surface area contributed by atoms with Crippen LogP contribution in [0.1, 0.15) is 6.42 Å². The molecule has 1 unspecified atom stereocenters. The number of carbonyl (C=O) groups excluding carboxylic acids is 1. The fourth-order valence-corrected chi connectivity index (χ4v) is 3.12. The van der Waals surface area contributed by atoms with Crippen LogP contribution in [0.25, 0.3) is 0 Å². The minimum Gasteiger partial charge on any atom is -0.326 e. The zero-order valence-corrected chi connectivity index (χ0v) is 14.0. The van der Waals surface area contributed by atoms with E-state index in [0.717, 1.165) is 25.1 Å². The van der Waals surface area contributed by atoms with Gasteiger partial charge in [0.05, 0.1) is 10.8 Å². The van der Waals surface area contributed by atoms with E-state index in [1.165, 1.54) is 16.9 Å². The molecule has 1 amide bonds. The van der Waals surface area contributed by atoms with Gasteiger partial charge in [-0.3, -0.25) is 4.79 Å². The summed E-state index contributed by atoms with van der Waals surface area (Å²) in [5, 5.41) is 5.70. The zero-order valence-electron chi connectivity index (χ0n) is 12.4. The first-order chi connectivity index (χ1) is 10.7. The number of nitrogens with one attached hydrogen (secondary N) is 3. The summed E-state index contributed by atoms with van der Waals surface area (Å²) in [6, 6.07) is 4.95. The van der Waals surface area contributed by atoms with E-state index in [0.29, 0.717) is 12.2 Å². The summed E-state index contributed by atoms with van der Waals surface area (Å²) in [7, 11) is -4.25. The van der Waals surface area contributed by atoms with Crippen molar-refractivity contribution >= 4 is 34.0 Å². The van der Waals surface area contributed by atoms with E-state index in [2.05, 4.69) is 10.6 Å². The minimum atomic E-state index is -4.63. The molecule has 11 heteroatoms. The molecule has 1 saturated heterocycles. The Bertz CT molecular complexity index is 659. The molecule has 1 heterocycles. The number of halogens is 4. The first kappa shape index (κ1) is 20.7. The molecule has 1 aliphatic rings. The van der Waals surface area contributed by atoms with E-state index in [1.807, 2.05) is 0 Å². The molecule has 24 heavy (non-hydrogen) atoms. The van der Waals surface area contributed by atoms with Gasteiger partial charge in [-0.05, 0) is 37.2 Å². The average Bonchev–Trinajstić information content (AvgIpc) is 2.99. The molecule has 1 aliphatic heterocycles. The van der Waals surface area contributed by atoms with E-state index in [-0.39, 0.29) is 29.1 Å². The number of hydrogen-bond acceptors (Lipinski definition) is 4. The molecule has 0 aliphatic carbocycles. The van der Waals surface area contributed by atoms with Crippen molar-refractivity contribution in [2.24, 2.45) is 5.92 Å². The van der Waals surface area contributed by atoms with Gasteiger partial charge in [-0.2, -0.15) is 13.2 Å². The second kappa shape index (κ2) is 8.15. The monoisotopic (exact) mass is 387 g/mol. The second-order valence-electron chi connectivity index (χ2n) is 5.14. The van der Waals surface area contributed by atoms with Gasteiger partial charge in [-0.15, -0.1) is 12.4 Å². The lowest BCUT2D eigenvalue weighted by molar-refractivity contribution is -0.121. The number of anilines is 1. The predicted molar refractivity (Wildman–Crippen MR) is 84.5 cm³/mol. The summed E-state index contributed by atoms with van der Waals surface area (Å²) in [6.07, 6.45) is -3.91. The lowest BCUT2D eigenvalue weighted by atomic mass is 10.1. The Labute approximate surface area is 143 Å². The number of rotatable bonds is 5. The standard InChI is InChI=1S/C13H16F3N3O3S.ClH/c14-13(15,16)8-18-23(21,22)11-3-1-10(2-4-11)19-12(20)9-5-6-17-7-9;/h1-4,9,17-18H,5-8H2,(H,19,20);1H. The highest BCUT2D eigenvalue weighted by Crippen LogP contribution is 2.18. The Morgan fingerprint density at radius 3 is 2.38 bits per heavy atom. The Morgan fingerprint density at radius 2 is 1.88 bits per heavy atom. The van der Waals surface area contributed by atoms with Gasteiger partial charge in [0, 0.05) is 12.2 Å². The third-order valence-corrected chi connectivity index (χ3v) is 4.74. The number of amides is 1. The summed E-state index contributed by atoms with van der Waals surface area (Å²) < 4.78 is 61.1. The van der Waals surface area contributed by atoms with E-state index >= 15 is 0 Å². The van der Waals surface area contributed by atoms with Crippen molar-refractivity contribution in [1.82, 2.24) is 10.0 Å². The van der Waals surface area contributed by atoms with Crippen LogP contribution in [0.3, 0.4) is 0 Å². The molecule has 6 nitrogen and oxygen atoms in total. The molecule has 1 fully saturated rings. The predicted octanol–water partition coefficient (Wildman–Crippen LogP) is 1.50. The van der Waals surface area contributed by atoms with Crippen LogP contribution >= 0.6 is 12.4 Å². The van der Waals surface area contributed by atoms with Crippen LogP contribution in [0.5, 0.6) is 0 Å². The largest absolute Gasteiger partial charge is 0.402 e. The van der Waals surface area contributed by atoms with Crippen LogP contribution in [-0.4, -0.2) is 40.1 Å². The third kappa shape index (κ3) is 5.93. The van der Waals surface area contributed by atoms with Gasteiger partial charge in [0.25, 0.3) is 0 Å². The Morgan fingerprint density at radius 1 is 1.25 bits per heavy atom. The van der Waals surface area contributed by atoms with Crippen LogP contribution in [0.15, 0.2) is 29.2 Å². The molecule has 3 N–H and O–H groups in total. The van der Waals surface area contributed by atoms with Crippen LogP contribution in [-0.2, 0) is 14.8 Å². The lowest BCUT2D eigenvalue weighted by Crippen LogP contribution is -2.33. The highest BCUT2D eigenvalue weighted by Gasteiger charge is 2.30. The van der Waals surface area contributed by atoms with Crippen molar-refractivity contribution in [1.29, 1.82) is 0 Å². The average molecular weight is 388 g/mol. The van der Waals surface area contributed by atoms with Crippen LogP contribution in [0.4, 0.5) is 18.9 Å². The van der Waals surface area contributed by atoms with Crippen molar-refractivity contribution in [2.75, 3.05) is 25.0 Å². The summed E-state index contributed by atoms with van der Waals surface area (Å²) in [5.74, 6) is -0.326. The van der Waals surface area contributed by atoms with Gasteiger partial charge in [0.1, 0.15) is 6.54 Å². The highest BCUT2D eigenvalue weighted by molar-refractivity contribution is 7.89. The molecule has 2 rings (SSSR count). The number of sulfonamides is 1. The van der Waals surface area contributed by atoms with Gasteiger partial charge in [0.2, 0.25) is 15.9 Å². The molecule has 0 radical (unpaired) electrons. The summed E-state index contributed by atoms with van der Waals surface area (Å²) in [4.78, 5) is 11.6. The number of hydrogen-bond donors (Lipinski definition) is 3. The fourth-order valence-electron chi connectivity index (χ4n) is 2.10. The third-order valence-electron chi connectivity index (χ3n) is 3.33. The van der Waals surface area contributed by atoms with Gasteiger partial charge >= 0.3 is 6.18 Å². The van der Waals surface area contributed by atoms with Gasteiger partial charge in [-0.25, -0.2) is 13.1 Å². The van der Waals surface area contributed by atoms with Crippen molar-refractivity contribution in [3.8, 4) is 0 Å². The molecule has 0 spiro atoms. The Balaban J connectivity index is 0.00000288. The first-order valence-corrected chi connectivity index (χ1v) is 8.34. The van der Waals surface area contributed by atoms with E-state index in [9.17, 15) is 26.4 Å². The van der Waals surface area contributed by atoms with Gasteiger partial charge in [0.15, 0.2) is 0 Å². The SMILES string of the molecule is Cl.O=C(Nc1ccc(S(=O)(=O)NCC(F)(F)F)cc1)C1CCNC1. The molecule has 1 atom stereocenters. The summed E-state index contributed by atoms with van der Waals surface area (Å²) in [6.45, 7) is -0.289. The smallest absolute Gasteiger partial charge is 0.326 e. The van der Waals surface area contributed by atoms with Crippen LogP contribution in [0, 0.1) is 5.92 Å². The normalized spacial score (nSPS) is 18.0. The lowest BCUT2D eigenvalue weighted by Gasteiger charge is -2.11. The maximum Gasteiger partial charge on any atom is 0.402 e. The molecule has 1 aromatic carbocycles. The van der Waals surface area contributed by atoms with Crippen LogP contribution < -0.4 is 15.4 Å². The fraction of sp³-hybridized carbons (Fsp3) is 0.462. The highest BCUT2D eigenvalue weighted by atomic mass is 35.5. The maximum atomic E-state index is 12.1. The molecule has 136 valence electrons. The first-order valence-electron chi connectivity index (χ1n) is 6.85. The molecular weight excluding hydrogens is 371 g/mol.